The summed E-state index contributed by atoms with van der Waals surface area (Å²) in [5, 5.41) is 14.6. The number of fused-ring (bicyclic) bond motifs is 2. The lowest BCUT2D eigenvalue weighted by Crippen LogP contribution is -2.40. The van der Waals surface area contributed by atoms with Gasteiger partial charge in [-0.2, -0.15) is 0 Å². The van der Waals surface area contributed by atoms with Gasteiger partial charge in [0.05, 0.1) is 22.5 Å². The van der Waals surface area contributed by atoms with Crippen molar-refractivity contribution in [3.63, 3.8) is 0 Å². The van der Waals surface area contributed by atoms with E-state index in [0.29, 0.717) is 30.9 Å². The van der Waals surface area contributed by atoms with E-state index < -0.39 is 5.97 Å². The van der Waals surface area contributed by atoms with E-state index in [4.69, 9.17) is 0 Å². The van der Waals surface area contributed by atoms with Crippen LogP contribution in [0.25, 0.3) is 21.8 Å². The number of aromatic nitrogens is 2. The molecule has 1 unspecified atom stereocenters. The number of carbonyl (C=O) groups excluding carboxylic acids is 1. The van der Waals surface area contributed by atoms with Crippen LogP contribution in [0, 0.1) is 11.8 Å². The van der Waals surface area contributed by atoms with Gasteiger partial charge in [-0.05, 0) is 62.3 Å². The minimum absolute atomic E-state index is 0.0109. The summed E-state index contributed by atoms with van der Waals surface area (Å²) in [5.41, 5.74) is 3.64. The monoisotopic (exact) mass is 455 g/mol. The molecule has 1 atom stereocenters. The Morgan fingerprint density at radius 1 is 1.03 bits per heavy atom. The summed E-state index contributed by atoms with van der Waals surface area (Å²) >= 11 is 0. The number of amides is 1. The van der Waals surface area contributed by atoms with Crippen LogP contribution >= 0.6 is 0 Å². The second-order valence-corrected chi connectivity index (χ2v) is 9.39. The van der Waals surface area contributed by atoms with Crippen molar-refractivity contribution in [2.45, 2.75) is 45.2 Å². The summed E-state index contributed by atoms with van der Waals surface area (Å²) in [7, 11) is 0. The summed E-state index contributed by atoms with van der Waals surface area (Å²) in [6.45, 7) is 2.65. The average Bonchev–Trinajstić information content (AvgIpc) is 3.27. The molecule has 4 aromatic rings. The van der Waals surface area contributed by atoms with Crippen LogP contribution in [-0.2, 0) is 11.3 Å². The summed E-state index contributed by atoms with van der Waals surface area (Å²) < 4.78 is 2.12. The van der Waals surface area contributed by atoms with Gasteiger partial charge in [-0.25, -0.2) is 0 Å². The Bertz CT molecular complexity index is 1350. The number of hydrogen-bond acceptors (Lipinski definition) is 3. The zero-order chi connectivity index (χ0) is 23.7. The van der Waals surface area contributed by atoms with E-state index in [2.05, 4.69) is 33.1 Å². The average molecular weight is 456 g/mol. The van der Waals surface area contributed by atoms with Crippen LogP contribution in [0.1, 0.15) is 48.5 Å². The van der Waals surface area contributed by atoms with Gasteiger partial charge in [-0.3, -0.25) is 14.6 Å². The van der Waals surface area contributed by atoms with Crippen molar-refractivity contribution < 1.29 is 14.7 Å². The van der Waals surface area contributed by atoms with Crippen LogP contribution in [0.15, 0.2) is 67.0 Å². The Morgan fingerprint density at radius 3 is 2.56 bits per heavy atom. The summed E-state index contributed by atoms with van der Waals surface area (Å²) in [5.74, 6) is -0.745. The van der Waals surface area contributed by atoms with E-state index in [9.17, 15) is 14.7 Å². The van der Waals surface area contributed by atoms with Crippen LogP contribution in [-0.4, -0.2) is 32.6 Å². The minimum atomic E-state index is -0.705. The fraction of sp³-hybridized carbons (Fsp3) is 0.321. The normalized spacial score (nSPS) is 19.2. The molecule has 6 nitrogen and oxygen atoms in total. The van der Waals surface area contributed by atoms with Gasteiger partial charge < -0.3 is 15.0 Å². The molecule has 0 bridgehead atoms. The number of benzene rings is 2. The lowest BCUT2D eigenvalue weighted by Gasteiger charge is -2.31. The molecule has 2 aromatic carbocycles. The molecule has 1 aliphatic rings. The van der Waals surface area contributed by atoms with Gasteiger partial charge in [0.2, 0.25) is 0 Å². The first-order chi connectivity index (χ1) is 16.5. The standard InChI is InChI=1S/C28H29N3O3/c1-18(19-10-12-22(13-11-19)28(33)34)30-27(32)24-9-3-6-21-14-16-31(26(21)24)17-23-7-2-5-20-8-4-15-29-25(20)23/h2-9,14-16,18-19,22H,10-13,17H2,1H3,(H,30,32)(H,33,34). The van der Waals surface area contributed by atoms with Crippen LogP contribution in [0.5, 0.6) is 0 Å². The first-order valence-electron chi connectivity index (χ1n) is 12.0. The number of rotatable bonds is 6. The van der Waals surface area contributed by atoms with Gasteiger partial charge in [-0.15, -0.1) is 0 Å². The van der Waals surface area contributed by atoms with E-state index in [1.165, 1.54) is 0 Å². The maximum atomic E-state index is 13.4. The maximum Gasteiger partial charge on any atom is 0.306 e. The van der Waals surface area contributed by atoms with Crippen LogP contribution in [0.2, 0.25) is 0 Å². The predicted octanol–water partition coefficient (Wildman–Crippen LogP) is 5.25. The molecule has 2 heterocycles. The van der Waals surface area contributed by atoms with Crippen molar-refractivity contribution in [2.75, 3.05) is 0 Å². The van der Waals surface area contributed by atoms with Crippen LogP contribution in [0.3, 0.4) is 0 Å². The molecule has 1 fully saturated rings. The lowest BCUT2D eigenvalue weighted by molar-refractivity contribution is -0.143. The lowest BCUT2D eigenvalue weighted by atomic mass is 9.79. The van der Waals surface area contributed by atoms with E-state index in [-0.39, 0.29) is 17.9 Å². The van der Waals surface area contributed by atoms with Crippen LogP contribution < -0.4 is 5.32 Å². The predicted molar refractivity (Wildman–Crippen MR) is 133 cm³/mol. The highest BCUT2D eigenvalue weighted by Crippen LogP contribution is 2.31. The minimum Gasteiger partial charge on any atom is -0.481 e. The molecule has 0 aliphatic heterocycles. The van der Waals surface area contributed by atoms with Crippen LogP contribution in [0.4, 0.5) is 0 Å². The quantitative estimate of drug-likeness (QED) is 0.416. The summed E-state index contributed by atoms with van der Waals surface area (Å²) in [6.07, 6.45) is 6.85. The molecule has 174 valence electrons. The molecule has 34 heavy (non-hydrogen) atoms. The number of pyridine rings is 1. The number of para-hydroxylation sites is 2. The summed E-state index contributed by atoms with van der Waals surface area (Å²) in [4.78, 5) is 29.2. The van der Waals surface area contributed by atoms with Gasteiger partial charge >= 0.3 is 5.97 Å². The highest BCUT2D eigenvalue weighted by molar-refractivity contribution is 6.06. The number of carbonyl (C=O) groups is 2. The molecule has 1 amide bonds. The van der Waals surface area contributed by atoms with Crippen molar-refractivity contribution in [1.82, 2.24) is 14.9 Å². The van der Waals surface area contributed by atoms with Crippen molar-refractivity contribution in [1.29, 1.82) is 0 Å². The number of carboxylic acids is 1. The number of aliphatic carboxylic acids is 1. The fourth-order valence-electron chi connectivity index (χ4n) is 5.32. The van der Waals surface area contributed by atoms with Crippen molar-refractivity contribution in [2.24, 2.45) is 11.8 Å². The second-order valence-electron chi connectivity index (χ2n) is 9.39. The molecule has 0 spiro atoms. The fourth-order valence-corrected chi connectivity index (χ4v) is 5.32. The third-order valence-electron chi connectivity index (χ3n) is 7.28. The maximum absolute atomic E-state index is 13.4. The molecule has 6 heteroatoms. The highest BCUT2D eigenvalue weighted by Gasteiger charge is 2.29. The molecular formula is C28H29N3O3. The van der Waals surface area contributed by atoms with Crippen molar-refractivity contribution in [3.05, 3.63) is 78.1 Å². The number of carboxylic acid groups (broad SMARTS) is 1. The molecule has 0 saturated heterocycles. The largest absolute Gasteiger partial charge is 0.481 e. The highest BCUT2D eigenvalue weighted by atomic mass is 16.4. The number of nitrogens with zero attached hydrogens (tertiary/aromatic N) is 2. The number of nitrogens with one attached hydrogen (secondary N) is 1. The number of hydrogen-bond donors (Lipinski definition) is 2. The molecule has 1 aliphatic carbocycles. The Balaban J connectivity index is 1.38. The van der Waals surface area contributed by atoms with E-state index >= 15 is 0 Å². The van der Waals surface area contributed by atoms with Crippen molar-refractivity contribution in [3.8, 4) is 0 Å². The Labute approximate surface area is 198 Å². The van der Waals surface area contributed by atoms with E-state index in [1.54, 1.807) is 0 Å². The smallest absolute Gasteiger partial charge is 0.306 e. The molecule has 0 radical (unpaired) electrons. The zero-order valence-electron chi connectivity index (χ0n) is 19.3. The van der Waals surface area contributed by atoms with E-state index in [1.807, 2.05) is 55.7 Å². The van der Waals surface area contributed by atoms with Gasteiger partial charge in [0, 0.05) is 35.8 Å². The SMILES string of the molecule is CC(NC(=O)c1cccc2ccn(Cc3cccc4cccnc34)c12)C1CCC(C(=O)O)CC1. The molecule has 1 saturated carbocycles. The van der Waals surface area contributed by atoms with Crippen molar-refractivity contribution >= 4 is 33.7 Å². The molecule has 5 rings (SSSR count). The molecular weight excluding hydrogens is 426 g/mol. The topological polar surface area (TPSA) is 84.2 Å². The Hall–Kier alpha value is -3.67. The van der Waals surface area contributed by atoms with Gasteiger partial charge in [-0.1, -0.05) is 36.4 Å². The van der Waals surface area contributed by atoms with Gasteiger partial charge in [0.15, 0.2) is 0 Å². The third kappa shape index (κ3) is 4.28. The van der Waals surface area contributed by atoms with Gasteiger partial charge in [0.25, 0.3) is 5.91 Å². The third-order valence-corrected chi connectivity index (χ3v) is 7.28. The van der Waals surface area contributed by atoms with Gasteiger partial charge in [0.1, 0.15) is 0 Å². The zero-order valence-corrected chi connectivity index (χ0v) is 19.3. The summed E-state index contributed by atoms with van der Waals surface area (Å²) in [6, 6.07) is 18.0. The Kier molecular flexibility index (Phi) is 6.05. The second kappa shape index (κ2) is 9.29. The molecule has 2 aromatic heterocycles. The first-order valence-corrected chi connectivity index (χ1v) is 12.0. The Morgan fingerprint density at radius 2 is 1.76 bits per heavy atom. The van der Waals surface area contributed by atoms with E-state index in [0.717, 1.165) is 40.2 Å². The molecule has 2 N–H and O–H groups in total. The first kappa shape index (κ1) is 22.1.